The molecule has 86 valence electrons. The minimum atomic E-state index is 0.453. The number of hydrogen-bond acceptors (Lipinski definition) is 5. The molecule has 4 nitrogen and oxygen atoms in total. The third-order valence-corrected chi connectivity index (χ3v) is 3.18. The Bertz CT molecular complexity index is 541. The fraction of sp³-hybridized carbons (Fsp3) is 0.250. The van der Waals surface area contributed by atoms with Gasteiger partial charge in [-0.1, -0.05) is 0 Å². The van der Waals surface area contributed by atoms with Gasteiger partial charge in [0.2, 0.25) is 0 Å². The van der Waals surface area contributed by atoms with E-state index in [9.17, 15) is 0 Å². The molecule has 17 heavy (non-hydrogen) atoms. The standard InChI is InChI=1S/C12H12N4S/c1-9-8-17-12(16-9)7-14-6-10-2-3-15-11(4-10)5-13/h2-4,8,14H,6-7H2,1H3. The lowest BCUT2D eigenvalue weighted by atomic mass is 10.2. The van der Waals surface area contributed by atoms with Crippen LogP contribution in [0.25, 0.3) is 0 Å². The number of aromatic nitrogens is 2. The minimum absolute atomic E-state index is 0.453. The van der Waals surface area contributed by atoms with E-state index in [4.69, 9.17) is 5.26 Å². The molecule has 0 radical (unpaired) electrons. The Morgan fingerprint density at radius 2 is 2.35 bits per heavy atom. The topological polar surface area (TPSA) is 61.6 Å². The highest BCUT2D eigenvalue weighted by molar-refractivity contribution is 7.09. The van der Waals surface area contributed by atoms with Gasteiger partial charge in [-0.15, -0.1) is 11.3 Å². The summed E-state index contributed by atoms with van der Waals surface area (Å²) in [5, 5.41) is 15.1. The average Bonchev–Trinajstić information content (AvgIpc) is 2.75. The molecule has 2 aromatic heterocycles. The maximum atomic E-state index is 8.73. The van der Waals surface area contributed by atoms with E-state index in [-0.39, 0.29) is 0 Å². The molecule has 0 aliphatic carbocycles. The summed E-state index contributed by atoms with van der Waals surface area (Å²) in [5.41, 5.74) is 2.57. The summed E-state index contributed by atoms with van der Waals surface area (Å²) in [7, 11) is 0. The summed E-state index contributed by atoms with van der Waals surface area (Å²) in [6.07, 6.45) is 1.66. The van der Waals surface area contributed by atoms with Crippen LogP contribution in [0, 0.1) is 18.3 Å². The highest BCUT2D eigenvalue weighted by atomic mass is 32.1. The van der Waals surface area contributed by atoms with Crippen LogP contribution in [0.15, 0.2) is 23.7 Å². The molecule has 0 saturated carbocycles. The Labute approximate surface area is 104 Å². The van der Waals surface area contributed by atoms with Gasteiger partial charge >= 0.3 is 0 Å². The van der Waals surface area contributed by atoms with E-state index in [0.717, 1.165) is 29.4 Å². The van der Waals surface area contributed by atoms with Crippen LogP contribution in [0.2, 0.25) is 0 Å². The summed E-state index contributed by atoms with van der Waals surface area (Å²) >= 11 is 1.65. The van der Waals surface area contributed by atoms with Gasteiger partial charge in [-0.25, -0.2) is 9.97 Å². The Morgan fingerprint density at radius 1 is 1.47 bits per heavy atom. The van der Waals surface area contributed by atoms with E-state index in [2.05, 4.69) is 15.3 Å². The van der Waals surface area contributed by atoms with Crippen molar-refractivity contribution in [3.63, 3.8) is 0 Å². The molecular weight excluding hydrogens is 232 g/mol. The van der Waals surface area contributed by atoms with Gasteiger partial charge in [0, 0.05) is 30.4 Å². The monoisotopic (exact) mass is 244 g/mol. The molecule has 0 aliphatic heterocycles. The Balaban J connectivity index is 1.88. The molecular formula is C12H12N4S. The first kappa shape index (κ1) is 11.7. The molecule has 2 heterocycles. The Hall–Kier alpha value is -1.77. The van der Waals surface area contributed by atoms with E-state index in [0.29, 0.717) is 5.69 Å². The van der Waals surface area contributed by atoms with Gasteiger partial charge in [0.05, 0.1) is 0 Å². The maximum absolute atomic E-state index is 8.73. The van der Waals surface area contributed by atoms with E-state index in [1.165, 1.54) is 0 Å². The highest BCUT2D eigenvalue weighted by Crippen LogP contribution is 2.08. The number of nitrogens with zero attached hydrogens (tertiary/aromatic N) is 3. The van der Waals surface area contributed by atoms with Gasteiger partial charge < -0.3 is 5.32 Å². The lowest BCUT2D eigenvalue weighted by Gasteiger charge is -2.02. The molecule has 0 bridgehead atoms. The summed E-state index contributed by atoms with van der Waals surface area (Å²) in [4.78, 5) is 8.30. The molecule has 0 spiro atoms. The van der Waals surface area contributed by atoms with Gasteiger partial charge in [-0.2, -0.15) is 5.26 Å². The molecule has 0 atom stereocenters. The second-order valence-corrected chi connectivity index (χ2v) is 4.59. The van der Waals surface area contributed by atoms with Gasteiger partial charge in [0.1, 0.15) is 16.8 Å². The van der Waals surface area contributed by atoms with E-state index >= 15 is 0 Å². The van der Waals surface area contributed by atoms with Crippen molar-refractivity contribution in [2.24, 2.45) is 0 Å². The Morgan fingerprint density at radius 3 is 3.06 bits per heavy atom. The van der Waals surface area contributed by atoms with Crippen molar-refractivity contribution in [1.29, 1.82) is 5.26 Å². The van der Waals surface area contributed by atoms with Crippen LogP contribution in [0.1, 0.15) is 22.0 Å². The van der Waals surface area contributed by atoms with Gasteiger partial charge in [0.25, 0.3) is 0 Å². The number of nitriles is 1. The molecule has 0 saturated heterocycles. The number of rotatable bonds is 4. The van der Waals surface area contributed by atoms with Gasteiger partial charge in [-0.3, -0.25) is 0 Å². The van der Waals surface area contributed by atoms with Crippen LogP contribution in [-0.2, 0) is 13.1 Å². The fourth-order valence-electron chi connectivity index (χ4n) is 1.44. The summed E-state index contributed by atoms with van der Waals surface area (Å²) in [6, 6.07) is 5.73. The number of hydrogen-bond donors (Lipinski definition) is 1. The fourth-order valence-corrected chi connectivity index (χ4v) is 2.18. The number of aryl methyl sites for hydroxylation is 1. The highest BCUT2D eigenvalue weighted by Gasteiger charge is 1.99. The molecule has 0 fully saturated rings. The van der Waals surface area contributed by atoms with Crippen molar-refractivity contribution in [2.75, 3.05) is 0 Å². The first-order valence-corrected chi connectivity index (χ1v) is 6.12. The first-order chi connectivity index (χ1) is 8.28. The molecule has 0 aromatic carbocycles. The molecule has 0 amide bonds. The second-order valence-electron chi connectivity index (χ2n) is 3.65. The zero-order valence-corrected chi connectivity index (χ0v) is 10.3. The van der Waals surface area contributed by atoms with Crippen molar-refractivity contribution in [3.05, 3.63) is 45.7 Å². The summed E-state index contributed by atoms with van der Waals surface area (Å²) < 4.78 is 0. The quantitative estimate of drug-likeness (QED) is 0.893. The van der Waals surface area contributed by atoms with Crippen LogP contribution in [0.4, 0.5) is 0 Å². The van der Waals surface area contributed by atoms with Gasteiger partial charge in [0.15, 0.2) is 0 Å². The number of pyridine rings is 1. The third-order valence-electron chi connectivity index (χ3n) is 2.21. The van der Waals surface area contributed by atoms with Crippen molar-refractivity contribution in [3.8, 4) is 6.07 Å². The van der Waals surface area contributed by atoms with Crippen LogP contribution < -0.4 is 5.32 Å². The molecule has 1 N–H and O–H groups in total. The predicted molar refractivity (Wildman–Crippen MR) is 66.3 cm³/mol. The maximum Gasteiger partial charge on any atom is 0.140 e. The minimum Gasteiger partial charge on any atom is -0.306 e. The molecule has 0 aliphatic rings. The average molecular weight is 244 g/mol. The van der Waals surface area contributed by atoms with E-state index < -0.39 is 0 Å². The molecule has 2 aromatic rings. The zero-order chi connectivity index (χ0) is 12.1. The van der Waals surface area contributed by atoms with Crippen LogP contribution in [-0.4, -0.2) is 9.97 Å². The summed E-state index contributed by atoms with van der Waals surface area (Å²) in [5.74, 6) is 0. The smallest absolute Gasteiger partial charge is 0.140 e. The van der Waals surface area contributed by atoms with Crippen LogP contribution in [0.5, 0.6) is 0 Å². The number of nitrogens with one attached hydrogen (secondary N) is 1. The summed E-state index contributed by atoms with van der Waals surface area (Å²) in [6.45, 7) is 3.46. The van der Waals surface area contributed by atoms with Crippen molar-refractivity contribution in [2.45, 2.75) is 20.0 Å². The Kier molecular flexibility index (Phi) is 3.81. The lowest BCUT2D eigenvalue weighted by Crippen LogP contribution is -2.12. The molecule has 0 unspecified atom stereocenters. The lowest BCUT2D eigenvalue weighted by molar-refractivity contribution is 0.688. The van der Waals surface area contributed by atoms with Crippen molar-refractivity contribution >= 4 is 11.3 Å². The molecule has 5 heteroatoms. The molecule has 2 rings (SSSR count). The van der Waals surface area contributed by atoms with Crippen molar-refractivity contribution in [1.82, 2.24) is 15.3 Å². The predicted octanol–water partition coefficient (Wildman–Crippen LogP) is 2.01. The van der Waals surface area contributed by atoms with E-state index in [1.54, 1.807) is 23.6 Å². The van der Waals surface area contributed by atoms with Crippen molar-refractivity contribution < 1.29 is 0 Å². The first-order valence-electron chi connectivity index (χ1n) is 5.24. The SMILES string of the molecule is Cc1csc(CNCc2ccnc(C#N)c2)n1. The van der Waals surface area contributed by atoms with E-state index in [1.807, 2.05) is 24.4 Å². The zero-order valence-electron chi connectivity index (χ0n) is 9.47. The largest absolute Gasteiger partial charge is 0.306 e. The normalized spacial score (nSPS) is 10.1. The second kappa shape index (κ2) is 5.53. The number of thiazole rings is 1. The van der Waals surface area contributed by atoms with Gasteiger partial charge in [-0.05, 0) is 24.6 Å². The third kappa shape index (κ3) is 3.34. The van der Waals surface area contributed by atoms with Crippen LogP contribution in [0.3, 0.4) is 0 Å². The van der Waals surface area contributed by atoms with Crippen LogP contribution >= 0.6 is 11.3 Å².